The Kier molecular flexibility index (Phi) is 2.91. The van der Waals surface area contributed by atoms with Gasteiger partial charge in [0.2, 0.25) is 4.96 Å². The highest BCUT2D eigenvalue weighted by Crippen LogP contribution is 2.22. The third kappa shape index (κ3) is 2.46. The van der Waals surface area contributed by atoms with Gasteiger partial charge >= 0.3 is 5.97 Å². The Morgan fingerprint density at radius 3 is 2.82 bits per heavy atom. The van der Waals surface area contributed by atoms with Crippen molar-refractivity contribution in [2.45, 2.75) is 39.0 Å². The fourth-order valence-corrected chi connectivity index (χ4v) is 2.31. The molecule has 0 aliphatic carbocycles. The van der Waals surface area contributed by atoms with Crippen LogP contribution in [-0.4, -0.2) is 25.7 Å². The van der Waals surface area contributed by atoms with Crippen molar-refractivity contribution in [1.82, 2.24) is 14.6 Å². The molecule has 0 aromatic carbocycles. The van der Waals surface area contributed by atoms with Gasteiger partial charge in [-0.2, -0.15) is 0 Å². The van der Waals surface area contributed by atoms with E-state index in [1.54, 1.807) is 4.52 Å². The topological polar surface area (TPSA) is 67.5 Å². The average Bonchev–Trinajstić information content (AvgIpc) is 2.72. The summed E-state index contributed by atoms with van der Waals surface area (Å²) in [6.45, 7) is 6.18. The molecule has 0 saturated heterocycles. The zero-order valence-electron chi connectivity index (χ0n) is 10.1. The Morgan fingerprint density at radius 2 is 2.24 bits per heavy atom. The fraction of sp³-hybridized carbons (Fsp3) is 0.545. The Labute approximate surface area is 103 Å². The van der Waals surface area contributed by atoms with E-state index >= 15 is 0 Å². The van der Waals surface area contributed by atoms with Crippen LogP contribution < -0.4 is 0 Å². The number of rotatable bonds is 3. The van der Waals surface area contributed by atoms with Gasteiger partial charge in [0.1, 0.15) is 0 Å². The van der Waals surface area contributed by atoms with E-state index in [9.17, 15) is 4.79 Å². The average molecular weight is 253 g/mol. The van der Waals surface area contributed by atoms with E-state index in [4.69, 9.17) is 5.11 Å². The number of aryl methyl sites for hydroxylation is 1. The van der Waals surface area contributed by atoms with Crippen molar-refractivity contribution in [2.75, 3.05) is 0 Å². The predicted molar refractivity (Wildman–Crippen MR) is 65.5 cm³/mol. The first-order valence-electron chi connectivity index (χ1n) is 5.43. The highest BCUT2D eigenvalue weighted by molar-refractivity contribution is 7.15. The summed E-state index contributed by atoms with van der Waals surface area (Å²) >= 11 is 1.50. The Bertz CT molecular complexity index is 551. The van der Waals surface area contributed by atoms with Crippen molar-refractivity contribution >= 4 is 22.3 Å². The second-order valence-corrected chi connectivity index (χ2v) is 5.84. The lowest BCUT2D eigenvalue weighted by Gasteiger charge is -2.11. The highest BCUT2D eigenvalue weighted by Gasteiger charge is 2.21. The van der Waals surface area contributed by atoms with Crippen LogP contribution in [0.4, 0.5) is 0 Å². The molecule has 6 heteroatoms. The number of carbonyl (C=O) groups is 1. The fourth-order valence-electron chi connectivity index (χ4n) is 1.45. The zero-order chi connectivity index (χ0) is 12.6. The van der Waals surface area contributed by atoms with Crippen LogP contribution in [0.25, 0.3) is 4.96 Å². The number of carboxylic acid groups (broad SMARTS) is 1. The maximum Gasteiger partial charge on any atom is 0.303 e. The van der Waals surface area contributed by atoms with Crippen LogP contribution in [0.15, 0.2) is 5.38 Å². The Balaban J connectivity index is 2.32. The molecular formula is C11H15N3O2S. The van der Waals surface area contributed by atoms with Gasteiger partial charge in [-0.1, -0.05) is 20.8 Å². The zero-order valence-corrected chi connectivity index (χ0v) is 10.9. The number of aromatic nitrogens is 3. The number of nitrogens with zero attached hydrogens (tertiary/aromatic N) is 3. The summed E-state index contributed by atoms with van der Waals surface area (Å²) in [6, 6.07) is 0. The minimum absolute atomic E-state index is 0.0875. The molecule has 0 unspecified atom stereocenters. The molecule has 0 saturated carbocycles. The summed E-state index contributed by atoms with van der Waals surface area (Å²) in [5, 5.41) is 15.0. The highest BCUT2D eigenvalue weighted by atomic mass is 32.1. The van der Waals surface area contributed by atoms with Crippen LogP contribution in [-0.2, 0) is 16.6 Å². The predicted octanol–water partition coefficient (Wildman–Crippen LogP) is 2.11. The maximum absolute atomic E-state index is 10.6. The molecule has 0 bridgehead atoms. The Morgan fingerprint density at radius 1 is 1.53 bits per heavy atom. The van der Waals surface area contributed by atoms with Crippen molar-refractivity contribution in [3.8, 4) is 0 Å². The van der Waals surface area contributed by atoms with Gasteiger partial charge in [0, 0.05) is 17.2 Å². The molecule has 0 fully saturated rings. The second-order valence-electron chi connectivity index (χ2n) is 5.00. The van der Waals surface area contributed by atoms with E-state index < -0.39 is 5.97 Å². The summed E-state index contributed by atoms with van der Waals surface area (Å²) in [5.74, 6) is 0.00133. The molecule has 2 rings (SSSR count). The van der Waals surface area contributed by atoms with Gasteiger partial charge in [0.25, 0.3) is 0 Å². The summed E-state index contributed by atoms with van der Waals surface area (Å²) in [4.78, 5) is 15.8. The van der Waals surface area contributed by atoms with Gasteiger partial charge in [-0.3, -0.25) is 4.79 Å². The largest absolute Gasteiger partial charge is 0.481 e. The van der Waals surface area contributed by atoms with Crippen LogP contribution in [0.3, 0.4) is 0 Å². The maximum atomic E-state index is 10.6. The van der Waals surface area contributed by atoms with Crippen LogP contribution >= 0.6 is 11.3 Å². The van der Waals surface area contributed by atoms with Gasteiger partial charge in [0.15, 0.2) is 5.82 Å². The van der Waals surface area contributed by atoms with E-state index in [-0.39, 0.29) is 11.8 Å². The van der Waals surface area contributed by atoms with E-state index in [0.717, 1.165) is 16.5 Å². The molecule has 2 heterocycles. The SMILES string of the molecule is CC(C)(C)c1nc2scc(CCC(=O)O)n2n1. The molecule has 2 aromatic rings. The molecule has 1 N–H and O–H groups in total. The third-order valence-electron chi connectivity index (χ3n) is 2.42. The van der Waals surface area contributed by atoms with Crippen molar-refractivity contribution in [2.24, 2.45) is 0 Å². The van der Waals surface area contributed by atoms with E-state index in [1.165, 1.54) is 11.3 Å². The minimum Gasteiger partial charge on any atom is -0.481 e. The smallest absolute Gasteiger partial charge is 0.303 e. The lowest BCUT2D eigenvalue weighted by Crippen LogP contribution is -2.13. The number of aliphatic carboxylic acids is 1. The van der Waals surface area contributed by atoms with Crippen molar-refractivity contribution in [3.05, 3.63) is 16.9 Å². The van der Waals surface area contributed by atoms with Crippen molar-refractivity contribution < 1.29 is 9.90 Å². The molecule has 0 amide bonds. The van der Waals surface area contributed by atoms with Crippen molar-refractivity contribution in [3.63, 3.8) is 0 Å². The van der Waals surface area contributed by atoms with Gasteiger partial charge in [-0.25, -0.2) is 9.50 Å². The molecule has 5 nitrogen and oxygen atoms in total. The quantitative estimate of drug-likeness (QED) is 0.909. The molecule has 0 spiro atoms. The number of fused-ring (bicyclic) bond motifs is 1. The molecular weight excluding hydrogens is 238 g/mol. The normalized spacial score (nSPS) is 12.2. The molecule has 0 radical (unpaired) electrons. The van der Waals surface area contributed by atoms with Gasteiger partial charge < -0.3 is 5.11 Å². The number of hydrogen-bond acceptors (Lipinski definition) is 4. The molecule has 0 aliphatic heterocycles. The van der Waals surface area contributed by atoms with Crippen LogP contribution in [0.2, 0.25) is 0 Å². The van der Waals surface area contributed by atoms with Crippen LogP contribution in [0, 0.1) is 0 Å². The van der Waals surface area contributed by atoms with Gasteiger partial charge in [-0.05, 0) is 0 Å². The molecule has 17 heavy (non-hydrogen) atoms. The lowest BCUT2D eigenvalue weighted by molar-refractivity contribution is -0.136. The number of hydrogen-bond donors (Lipinski definition) is 1. The summed E-state index contributed by atoms with van der Waals surface area (Å²) < 4.78 is 1.76. The van der Waals surface area contributed by atoms with E-state index in [0.29, 0.717) is 6.42 Å². The molecule has 92 valence electrons. The van der Waals surface area contributed by atoms with E-state index in [1.807, 2.05) is 5.38 Å². The first-order chi connectivity index (χ1) is 7.88. The second kappa shape index (κ2) is 4.10. The molecule has 0 atom stereocenters. The minimum atomic E-state index is -0.791. The lowest BCUT2D eigenvalue weighted by atomic mass is 9.96. The summed E-state index contributed by atoms with van der Waals surface area (Å²) in [6.07, 6.45) is 0.610. The molecule has 0 aliphatic rings. The monoisotopic (exact) mass is 253 g/mol. The Hall–Kier alpha value is -1.43. The number of thiazole rings is 1. The third-order valence-corrected chi connectivity index (χ3v) is 3.28. The first kappa shape index (κ1) is 12.0. The summed E-state index contributed by atoms with van der Waals surface area (Å²) in [5.41, 5.74) is 0.825. The standard InChI is InChI=1S/C11H15N3O2S/c1-11(2,3)9-12-10-14(13-9)7(6-17-10)4-5-8(15)16/h6H,4-5H2,1-3H3,(H,15,16). The first-order valence-corrected chi connectivity index (χ1v) is 6.31. The number of carboxylic acids is 1. The summed E-state index contributed by atoms with van der Waals surface area (Å²) in [7, 11) is 0. The molecule has 2 aromatic heterocycles. The van der Waals surface area contributed by atoms with Gasteiger partial charge in [-0.15, -0.1) is 16.4 Å². The van der Waals surface area contributed by atoms with Crippen molar-refractivity contribution in [1.29, 1.82) is 0 Å². The van der Waals surface area contributed by atoms with Crippen LogP contribution in [0.1, 0.15) is 38.7 Å². The van der Waals surface area contributed by atoms with Gasteiger partial charge in [0.05, 0.1) is 12.1 Å². The van der Waals surface area contributed by atoms with Crippen LogP contribution in [0.5, 0.6) is 0 Å². The van der Waals surface area contributed by atoms with E-state index in [2.05, 4.69) is 30.9 Å².